The van der Waals surface area contributed by atoms with Crippen LogP contribution in [0.3, 0.4) is 0 Å². The number of fused-ring (bicyclic) bond motifs is 1. The van der Waals surface area contributed by atoms with Crippen LogP contribution in [0.15, 0.2) is 47.0 Å². The summed E-state index contributed by atoms with van der Waals surface area (Å²) in [6.45, 7) is 1.07. The van der Waals surface area contributed by atoms with E-state index >= 15 is 0 Å². The number of aromatic nitrogens is 4. The molecule has 29 heavy (non-hydrogen) atoms. The molecule has 0 atom stereocenters. The average Bonchev–Trinajstić information content (AvgIpc) is 3.30. The molecule has 4 aromatic rings. The van der Waals surface area contributed by atoms with Crippen molar-refractivity contribution in [3.05, 3.63) is 70.9 Å². The summed E-state index contributed by atoms with van der Waals surface area (Å²) in [5.74, 6) is 0.758. The van der Waals surface area contributed by atoms with E-state index in [0.717, 1.165) is 28.7 Å². The molecular weight excluding hydrogens is 403 g/mol. The summed E-state index contributed by atoms with van der Waals surface area (Å²) in [7, 11) is 1.92. The highest BCUT2D eigenvalue weighted by atomic mass is 32.1. The quantitative estimate of drug-likeness (QED) is 0.464. The molecule has 10 heteroatoms. The van der Waals surface area contributed by atoms with Crippen molar-refractivity contribution in [2.75, 3.05) is 7.05 Å². The van der Waals surface area contributed by atoms with E-state index in [1.165, 1.54) is 17.8 Å². The Morgan fingerprint density at radius 1 is 1.00 bits per heavy atom. The molecule has 0 spiro atoms. The first-order valence-corrected chi connectivity index (χ1v) is 9.47. The molecule has 0 saturated carbocycles. The fourth-order valence-corrected chi connectivity index (χ4v) is 3.51. The number of alkyl halides is 3. The molecule has 2 aromatic carbocycles. The van der Waals surface area contributed by atoms with Crippen LogP contribution in [0.1, 0.15) is 28.4 Å². The van der Waals surface area contributed by atoms with Crippen molar-refractivity contribution in [1.82, 2.24) is 23.8 Å². The summed E-state index contributed by atoms with van der Waals surface area (Å²) >= 11 is 1.18. The van der Waals surface area contributed by atoms with Crippen molar-refractivity contribution >= 4 is 22.8 Å². The van der Waals surface area contributed by atoms with Crippen LogP contribution < -0.4 is 0 Å². The predicted octanol–water partition coefficient (Wildman–Crippen LogP) is 4.32. The van der Waals surface area contributed by atoms with Crippen molar-refractivity contribution in [2.45, 2.75) is 25.7 Å². The van der Waals surface area contributed by atoms with Crippen molar-refractivity contribution in [3.63, 3.8) is 0 Å². The van der Waals surface area contributed by atoms with Gasteiger partial charge in [0.05, 0.1) is 23.8 Å². The lowest BCUT2D eigenvalue weighted by molar-refractivity contribution is -0.137. The van der Waals surface area contributed by atoms with Crippen LogP contribution in [-0.4, -0.2) is 30.8 Å². The van der Waals surface area contributed by atoms with E-state index in [0.29, 0.717) is 30.4 Å². The van der Waals surface area contributed by atoms with Crippen LogP contribution in [0.5, 0.6) is 0 Å². The fourth-order valence-electron chi connectivity index (χ4n) is 2.99. The van der Waals surface area contributed by atoms with Crippen LogP contribution >= 0.6 is 11.7 Å². The third kappa shape index (κ3) is 4.77. The molecule has 0 N–H and O–H groups in total. The monoisotopic (exact) mass is 419 g/mol. The van der Waals surface area contributed by atoms with E-state index in [-0.39, 0.29) is 6.42 Å². The third-order valence-electron chi connectivity index (χ3n) is 4.30. The second kappa shape index (κ2) is 7.88. The zero-order valence-electron chi connectivity index (χ0n) is 15.3. The molecular formula is C19H16F3N5OS. The number of hydrogen-bond acceptors (Lipinski definition) is 7. The van der Waals surface area contributed by atoms with Crippen molar-refractivity contribution < 1.29 is 17.7 Å². The molecule has 0 fully saturated rings. The van der Waals surface area contributed by atoms with E-state index in [4.69, 9.17) is 4.52 Å². The second-order valence-electron chi connectivity index (χ2n) is 6.74. The molecule has 0 aliphatic rings. The zero-order valence-corrected chi connectivity index (χ0v) is 16.2. The third-order valence-corrected chi connectivity index (χ3v) is 4.86. The minimum Gasteiger partial charge on any atom is -0.338 e. The zero-order chi connectivity index (χ0) is 20.4. The number of benzene rings is 2. The summed E-state index contributed by atoms with van der Waals surface area (Å²) in [5, 5.41) is 3.89. The van der Waals surface area contributed by atoms with Crippen LogP contribution in [0.4, 0.5) is 13.2 Å². The van der Waals surface area contributed by atoms with Crippen LogP contribution in [0.25, 0.3) is 11.0 Å². The molecule has 0 aliphatic carbocycles. The normalized spacial score (nSPS) is 12.2. The van der Waals surface area contributed by atoms with Gasteiger partial charge in [0.2, 0.25) is 5.89 Å². The summed E-state index contributed by atoms with van der Waals surface area (Å²) < 4.78 is 52.2. The summed E-state index contributed by atoms with van der Waals surface area (Å²) in [6.07, 6.45) is -4.20. The molecule has 2 heterocycles. The highest BCUT2D eigenvalue weighted by molar-refractivity contribution is 7.00. The standard InChI is InChI=1S/C19H16F3N5OS/c1-27(10-13-5-6-15-16(8-13)26-29-25-15)11-18-23-17(24-28-18)9-12-3-2-4-14(7-12)19(20,21)22/h2-8H,9-11H2,1H3. The van der Waals surface area contributed by atoms with Gasteiger partial charge >= 0.3 is 6.18 Å². The van der Waals surface area contributed by atoms with Gasteiger partial charge in [0.1, 0.15) is 11.0 Å². The van der Waals surface area contributed by atoms with Crippen LogP contribution in [0.2, 0.25) is 0 Å². The molecule has 4 rings (SSSR count). The highest BCUT2D eigenvalue weighted by Gasteiger charge is 2.30. The van der Waals surface area contributed by atoms with Gasteiger partial charge in [-0.1, -0.05) is 29.4 Å². The molecule has 0 radical (unpaired) electrons. The lowest BCUT2D eigenvalue weighted by Crippen LogP contribution is -2.17. The highest BCUT2D eigenvalue weighted by Crippen LogP contribution is 2.29. The Labute approximate surface area is 168 Å². The van der Waals surface area contributed by atoms with E-state index < -0.39 is 11.7 Å². The maximum Gasteiger partial charge on any atom is 0.416 e. The Morgan fingerprint density at radius 2 is 1.83 bits per heavy atom. The second-order valence-corrected chi connectivity index (χ2v) is 7.27. The van der Waals surface area contributed by atoms with E-state index in [2.05, 4.69) is 18.9 Å². The largest absolute Gasteiger partial charge is 0.416 e. The van der Waals surface area contributed by atoms with Gasteiger partial charge in [0.25, 0.3) is 0 Å². The number of rotatable bonds is 6. The molecule has 6 nitrogen and oxygen atoms in total. The average molecular weight is 419 g/mol. The maximum absolute atomic E-state index is 12.8. The van der Waals surface area contributed by atoms with Gasteiger partial charge in [0.15, 0.2) is 5.82 Å². The Hall–Kier alpha value is -2.85. The SMILES string of the molecule is CN(Cc1ccc2nsnc2c1)Cc1nc(Cc2cccc(C(F)(F)F)c2)no1. The van der Waals surface area contributed by atoms with Gasteiger partial charge in [-0.3, -0.25) is 4.90 Å². The fraction of sp³-hybridized carbons (Fsp3) is 0.263. The van der Waals surface area contributed by atoms with Gasteiger partial charge in [-0.2, -0.15) is 26.9 Å². The van der Waals surface area contributed by atoms with Crippen LogP contribution in [-0.2, 0) is 25.7 Å². The molecule has 0 aliphatic heterocycles. The minimum absolute atomic E-state index is 0.171. The Morgan fingerprint density at radius 3 is 2.66 bits per heavy atom. The van der Waals surface area contributed by atoms with Crippen LogP contribution in [0, 0.1) is 0 Å². The van der Waals surface area contributed by atoms with Gasteiger partial charge in [-0.25, -0.2) is 0 Å². The molecule has 0 saturated heterocycles. The number of nitrogens with zero attached hydrogens (tertiary/aromatic N) is 5. The van der Waals surface area contributed by atoms with E-state index in [9.17, 15) is 13.2 Å². The Balaban J connectivity index is 1.38. The predicted molar refractivity (Wildman–Crippen MR) is 101 cm³/mol. The van der Waals surface area contributed by atoms with Gasteiger partial charge in [-0.15, -0.1) is 0 Å². The van der Waals surface area contributed by atoms with E-state index in [1.807, 2.05) is 30.1 Å². The Kier molecular flexibility index (Phi) is 5.29. The molecule has 150 valence electrons. The first-order valence-electron chi connectivity index (χ1n) is 8.74. The van der Waals surface area contributed by atoms with Gasteiger partial charge < -0.3 is 4.52 Å². The van der Waals surface area contributed by atoms with E-state index in [1.54, 1.807) is 6.07 Å². The molecule has 0 amide bonds. The molecule has 2 aromatic heterocycles. The van der Waals surface area contributed by atoms with Crippen molar-refractivity contribution in [1.29, 1.82) is 0 Å². The van der Waals surface area contributed by atoms with Crippen molar-refractivity contribution in [3.8, 4) is 0 Å². The smallest absolute Gasteiger partial charge is 0.338 e. The summed E-state index contributed by atoms with van der Waals surface area (Å²) in [5.41, 5.74) is 2.60. The minimum atomic E-state index is -4.38. The first-order chi connectivity index (χ1) is 13.9. The number of halogens is 3. The maximum atomic E-state index is 12.8. The number of hydrogen-bond donors (Lipinski definition) is 0. The Bertz CT molecular complexity index is 1120. The lowest BCUT2D eigenvalue weighted by atomic mass is 10.1. The molecule has 0 bridgehead atoms. The molecule has 0 unspecified atom stereocenters. The summed E-state index contributed by atoms with van der Waals surface area (Å²) in [6, 6.07) is 11.0. The van der Waals surface area contributed by atoms with Gasteiger partial charge in [-0.05, 0) is 36.4 Å². The van der Waals surface area contributed by atoms with Gasteiger partial charge in [0, 0.05) is 13.0 Å². The van der Waals surface area contributed by atoms with Crippen molar-refractivity contribution in [2.24, 2.45) is 0 Å². The topological polar surface area (TPSA) is 67.9 Å². The first kappa shape index (κ1) is 19.5. The lowest BCUT2D eigenvalue weighted by Gasteiger charge is -2.13. The summed E-state index contributed by atoms with van der Waals surface area (Å²) in [4.78, 5) is 6.30.